The fourth-order valence-electron chi connectivity index (χ4n) is 3.18. The molecule has 3 aromatic heterocycles. The molecule has 24 heavy (non-hydrogen) atoms. The molecule has 124 valence electrons. The number of nitrogens with one attached hydrogen (secondary N) is 1. The van der Waals surface area contributed by atoms with Crippen molar-refractivity contribution in [1.82, 2.24) is 30.1 Å². The highest BCUT2D eigenvalue weighted by Crippen LogP contribution is 2.38. The second-order valence-corrected chi connectivity index (χ2v) is 6.66. The summed E-state index contributed by atoms with van der Waals surface area (Å²) in [6.45, 7) is 3.73. The van der Waals surface area contributed by atoms with Crippen LogP contribution in [0.25, 0.3) is 5.65 Å². The molecule has 1 aliphatic carbocycles. The molecular formula is C16H19N7O. The van der Waals surface area contributed by atoms with Gasteiger partial charge >= 0.3 is 0 Å². The molecule has 0 unspecified atom stereocenters. The van der Waals surface area contributed by atoms with Gasteiger partial charge in [0.05, 0.1) is 12.7 Å². The van der Waals surface area contributed by atoms with Crippen LogP contribution in [0.4, 0.5) is 5.82 Å². The number of oxazole rings is 1. The first-order chi connectivity index (χ1) is 11.9. The first-order valence-corrected chi connectivity index (χ1v) is 8.42. The van der Waals surface area contributed by atoms with Gasteiger partial charge in [0, 0.05) is 31.5 Å². The Labute approximate surface area is 138 Å². The predicted molar refractivity (Wildman–Crippen MR) is 86.7 cm³/mol. The van der Waals surface area contributed by atoms with Gasteiger partial charge in [0.25, 0.3) is 0 Å². The Balaban J connectivity index is 1.19. The molecule has 8 nitrogen and oxygen atoms in total. The summed E-state index contributed by atoms with van der Waals surface area (Å²) in [5, 5.41) is 16.7. The first kappa shape index (κ1) is 13.9. The molecule has 3 aromatic rings. The van der Waals surface area contributed by atoms with E-state index in [4.69, 9.17) is 9.52 Å². The maximum absolute atomic E-state index is 5.22. The molecule has 1 N–H and O–H groups in total. The Bertz CT molecular complexity index is 833. The van der Waals surface area contributed by atoms with Crippen LogP contribution in [0, 0.1) is 5.92 Å². The van der Waals surface area contributed by atoms with Gasteiger partial charge in [0.15, 0.2) is 17.9 Å². The SMILES string of the molecule is c1ncc(CNCC2CN(c3ccc4nnc(C5CC5)n4n3)C2)o1. The van der Waals surface area contributed by atoms with E-state index in [2.05, 4.69) is 25.4 Å². The fraction of sp³-hybridized carbons (Fsp3) is 0.500. The normalized spacial score (nSPS) is 18.2. The summed E-state index contributed by atoms with van der Waals surface area (Å²) in [5.41, 5.74) is 0.839. The monoisotopic (exact) mass is 325 g/mol. The van der Waals surface area contributed by atoms with Crippen molar-refractivity contribution < 1.29 is 4.42 Å². The van der Waals surface area contributed by atoms with Crippen molar-refractivity contribution in [3.05, 3.63) is 36.3 Å². The van der Waals surface area contributed by atoms with Crippen LogP contribution in [0.15, 0.2) is 29.1 Å². The Morgan fingerprint density at radius 3 is 2.92 bits per heavy atom. The highest BCUT2D eigenvalue weighted by atomic mass is 16.3. The molecule has 0 amide bonds. The van der Waals surface area contributed by atoms with Crippen LogP contribution >= 0.6 is 0 Å². The number of fused-ring (bicyclic) bond motifs is 1. The van der Waals surface area contributed by atoms with E-state index < -0.39 is 0 Å². The molecule has 5 rings (SSSR count). The van der Waals surface area contributed by atoms with Crippen molar-refractivity contribution in [1.29, 1.82) is 0 Å². The quantitative estimate of drug-likeness (QED) is 0.729. The highest BCUT2D eigenvalue weighted by Gasteiger charge is 2.31. The third-order valence-corrected chi connectivity index (χ3v) is 4.71. The summed E-state index contributed by atoms with van der Waals surface area (Å²) in [5.74, 6) is 4.08. The molecule has 0 spiro atoms. The predicted octanol–water partition coefficient (Wildman–Crippen LogP) is 1.22. The zero-order chi connectivity index (χ0) is 15.9. The summed E-state index contributed by atoms with van der Waals surface area (Å²) < 4.78 is 7.14. The topological polar surface area (TPSA) is 84.4 Å². The van der Waals surface area contributed by atoms with E-state index in [1.54, 1.807) is 6.20 Å². The molecule has 0 aromatic carbocycles. The molecule has 1 aliphatic heterocycles. The standard InChI is InChI=1S/C16H19N7O/c1-2-12(1)16-20-19-14-3-4-15(21-23(14)16)22-8-11(9-22)5-17-6-13-7-18-10-24-13/h3-4,7,10-12,17H,1-2,5-6,8-9H2. The number of rotatable bonds is 6. The van der Waals surface area contributed by atoms with Crippen molar-refractivity contribution in [2.24, 2.45) is 5.92 Å². The van der Waals surface area contributed by atoms with Crippen molar-refractivity contribution in [2.75, 3.05) is 24.5 Å². The third-order valence-electron chi connectivity index (χ3n) is 4.71. The molecule has 0 atom stereocenters. The Morgan fingerprint density at radius 1 is 1.21 bits per heavy atom. The molecule has 2 fully saturated rings. The summed E-state index contributed by atoms with van der Waals surface area (Å²) >= 11 is 0. The van der Waals surface area contributed by atoms with E-state index in [9.17, 15) is 0 Å². The van der Waals surface area contributed by atoms with Gasteiger partial charge in [-0.1, -0.05) is 0 Å². The average Bonchev–Trinajstić information content (AvgIpc) is 3.10. The van der Waals surface area contributed by atoms with Gasteiger partial charge in [0.1, 0.15) is 11.6 Å². The van der Waals surface area contributed by atoms with Gasteiger partial charge in [-0.15, -0.1) is 15.3 Å². The first-order valence-electron chi connectivity index (χ1n) is 8.42. The molecule has 1 saturated heterocycles. The van der Waals surface area contributed by atoms with Crippen LogP contribution in [0.2, 0.25) is 0 Å². The van der Waals surface area contributed by atoms with Crippen LogP contribution < -0.4 is 10.2 Å². The number of aromatic nitrogens is 5. The van der Waals surface area contributed by atoms with Crippen LogP contribution in [-0.4, -0.2) is 44.4 Å². The van der Waals surface area contributed by atoms with Gasteiger partial charge in [0.2, 0.25) is 0 Å². The smallest absolute Gasteiger partial charge is 0.180 e. The highest BCUT2D eigenvalue weighted by molar-refractivity contribution is 5.47. The van der Waals surface area contributed by atoms with E-state index in [1.807, 2.05) is 16.6 Å². The minimum absolute atomic E-state index is 0.548. The number of hydrogen-bond acceptors (Lipinski definition) is 7. The zero-order valence-electron chi connectivity index (χ0n) is 13.3. The Morgan fingerprint density at radius 2 is 2.12 bits per heavy atom. The number of hydrogen-bond donors (Lipinski definition) is 1. The molecule has 2 aliphatic rings. The molecule has 0 bridgehead atoms. The third kappa shape index (κ3) is 2.52. The van der Waals surface area contributed by atoms with Crippen molar-refractivity contribution >= 4 is 11.5 Å². The molecule has 8 heteroatoms. The largest absolute Gasteiger partial charge is 0.447 e. The average molecular weight is 325 g/mol. The van der Waals surface area contributed by atoms with Crippen LogP contribution in [0.3, 0.4) is 0 Å². The van der Waals surface area contributed by atoms with E-state index >= 15 is 0 Å². The minimum Gasteiger partial charge on any atom is -0.447 e. The second-order valence-electron chi connectivity index (χ2n) is 6.66. The van der Waals surface area contributed by atoms with Crippen LogP contribution in [0.5, 0.6) is 0 Å². The summed E-state index contributed by atoms with van der Waals surface area (Å²) in [6, 6.07) is 4.05. The number of nitrogens with zero attached hydrogens (tertiary/aromatic N) is 6. The molecule has 4 heterocycles. The zero-order valence-corrected chi connectivity index (χ0v) is 13.3. The lowest BCUT2D eigenvalue weighted by Crippen LogP contribution is -2.51. The van der Waals surface area contributed by atoms with E-state index in [0.717, 1.165) is 49.2 Å². The summed E-state index contributed by atoms with van der Waals surface area (Å²) in [7, 11) is 0. The summed E-state index contributed by atoms with van der Waals surface area (Å²) in [6.07, 6.45) is 5.62. The Kier molecular flexibility index (Phi) is 3.22. The minimum atomic E-state index is 0.548. The molecule has 1 saturated carbocycles. The second kappa shape index (κ2) is 5.55. The fourth-order valence-corrected chi connectivity index (χ4v) is 3.18. The molecular weight excluding hydrogens is 306 g/mol. The van der Waals surface area contributed by atoms with Crippen LogP contribution in [0.1, 0.15) is 30.3 Å². The van der Waals surface area contributed by atoms with Crippen molar-refractivity contribution in [3.63, 3.8) is 0 Å². The van der Waals surface area contributed by atoms with Gasteiger partial charge < -0.3 is 14.6 Å². The van der Waals surface area contributed by atoms with Crippen molar-refractivity contribution in [2.45, 2.75) is 25.3 Å². The van der Waals surface area contributed by atoms with Crippen molar-refractivity contribution in [3.8, 4) is 0 Å². The maximum Gasteiger partial charge on any atom is 0.180 e. The lowest BCUT2D eigenvalue weighted by Gasteiger charge is -2.40. The van der Waals surface area contributed by atoms with Gasteiger partial charge in [-0.3, -0.25) is 0 Å². The number of anilines is 1. The van der Waals surface area contributed by atoms with Crippen LogP contribution in [-0.2, 0) is 6.54 Å². The lowest BCUT2D eigenvalue weighted by molar-refractivity contribution is 0.371. The van der Waals surface area contributed by atoms with Gasteiger partial charge in [-0.25, -0.2) is 4.98 Å². The summed E-state index contributed by atoms with van der Waals surface area (Å²) in [4.78, 5) is 6.22. The van der Waals surface area contributed by atoms with Gasteiger partial charge in [-0.05, 0) is 25.0 Å². The lowest BCUT2D eigenvalue weighted by atomic mass is 10.0. The van der Waals surface area contributed by atoms with Gasteiger partial charge in [-0.2, -0.15) is 4.52 Å². The Hall–Kier alpha value is -2.48. The van der Waals surface area contributed by atoms with E-state index in [-0.39, 0.29) is 0 Å². The van der Waals surface area contributed by atoms with E-state index in [1.165, 1.54) is 19.2 Å². The maximum atomic E-state index is 5.22. The van der Waals surface area contributed by atoms with E-state index in [0.29, 0.717) is 11.8 Å². The molecule has 0 radical (unpaired) electrons.